The molecule has 0 amide bonds. The molecule has 220 valence electrons. The van der Waals surface area contributed by atoms with E-state index in [1.807, 2.05) is 0 Å². The van der Waals surface area contributed by atoms with Gasteiger partial charge in [-0.1, -0.05) is 196 Å². The predicted molar refractivity (Wildman–Crippen MR) is 189 cm³/mol. The van der Waals surface area contributed by atoms with E-state index in [0.717, 1.165) is 6.42 Å². The van der Waals surface area contributed by atoms with Crippen LogP contribution in [-0.2, 0) is 5.41 Å². The van der Waals surface area contributed by atoms with Gasteiger partial charge in [0.1, 0.15) is 0 Å². The maximum absolute atomic E-state index is 2.58. The second kappa shape index (κ2) is 12.2. The van der Waals surface area contributed by atoms with Crippen LogP contribution < -0.4 is 0 Å². The molecule has 0 nitrogen and oxygen atoms in total. The van der Waals surface area contributed by atoms with Gasteiger partial charge in [0.25, 0.3) is 0 Å². The highest BCUT2D eigenvalue weighted by molar-refractivity contribution is 5.73. The monoisotopic (exact) mass is 580 g/mol. The van der Waals surface area contributed by atoms with Gasteiger partial charge in [-0.05, 0) is 62.3 Å². The second-order valence-electron chi connectivity index (χ2n) is 13.1. The molecule has 1 atom stereocenters. The maximum Gasteiger partial charge on any atom is 0.0701 e. The fraction of sp³-hybridized carbons (Fsp3) is 0.156. The average molecular weight is 581 g/mol. The van der Waals surface area contributed by atoms with Gasteiger partial charge in [0, 0.05) is 5.92 Å². The fourth-order valence-corrected chi connectivity index (χ4v) is 7.87. The molecule has 0 heteroatoms. The van der Waals surface area contributed by atoms with Crippen LogP contribution in [-0.4, -0.2) is 0 Å². The lowest BCUT2D eigenvalue weighted by Crippen LogP contribution is -2.31. The summed E-state index contributed by atoms with van der Waals surface area (Å²) in [6, 6.07) is 64.5. The largest absolute Gasteiger partial charge is 0.0761 e. The summed E-state index contributed by atoms with van der Waals surface area (Å²) in [5, 5.41) is 0. The summed E-state index contributed by atoms with van der Waals surface area (Å²) in [6.07, 6.45) is 3.69. The van der Waals surface area contributed by atoms with E-state index in [1.165, 1.54) is 44.5 Å². The van der Waals surface area contributed by atoms with Crippen molar-refractivity contribution in [1.82, 2.24) is 0 Å². The van der Waals surface area contributed by atoms with Gasteiger partial charge >= 0.3 is 0 Å². The zero-order valence-electron chi connectivity index (χ0n) is 26.2. The van der Waals surface area contributed by atoms with E-state index in [-0.39, 0.29) is 5.41 Å². The Labute approximate surface area is 268 Å². The van der Waals surface area contributed by atoms with Crippen LogP contribution >= 0.6 is 0 Å². The van der Waals surface area contributed by atoms with Gasteiger partial charge in [-0.2, -0.15) is 0 Å². The van der Waals surface area contributed by atoms with Crippen LogP contribution in [0.3, 0.4) is 0 Å². The van der Waals surface area contributed by atoms with Crippen molar-refractivity contribution in [2.24, 2.45) is 11.3 Å². The van der Waals surface area contributed by atoms with Crippen molar-refractivity contribution in [2.45, 2.75) is 31.6 Å². The summed E-state index contributed by atoms with van der Waals surface area (Å²) in [4.78, 5) is 0. The van der Waals surface area contributed by atoms with Gasteiger partial charge in [0.15, 0.2) is 0 Å². The van der Waals surface area contributed by atoms with Gasteiger partial charge < -0.3 is 0 Å². The molecule has 0 radical (unpaired) electrons. The minimum Gasteiger partial charge on any atom is -0.0761 e. The minimum atomic E-state index is -0.434. The zero-order valence-corrected chi connectivity index (χ0v) is 26.2. The highest BCUT2D eigenvalue weighted by atomic mass is 14.4. The third-order valence-electron chi connectivity index (χ3n) is 9.85. The van der Waals surface area contributed by atoms with Gasteiger partial charge in [-0.3, -0.25) is 0 Å². The van der Waals surface area contributed by atoms with Gasteiger partial charge in [-0.15, -0.1) is 0 Å². The Morgan fingerprint density at radius 2 is 0.822 bits per heavy atom. The second-order valence-corrected chi connectivity index (χ2v) is 13.1. The van der Waals surface area contributed by atoms with E-state index >= 15 is 0 Å². The molecule has 0 aromatic heterocycles. The third-order valence-corrected chi connectivity index (χ3v) is 9.85. The Bertz CT molecular complexity index is 1710. The Morgan fingerprint density at radius 3 is 1.22 bits per heavy atom. The number of rotatable bonds is 8. The molecular weight excluding hydrogens is 540 g/mol. The van der Waals surface area contributed by atoms with Crippen LogP contribution in [0.25, 0.3) is 5.57 Å². The van der Waals surface area contributed by atoms with E-state index in [2.05, 4.69) is 196 Å². The predicted octanol–water partition coefficient (Wildman–Crippen LogP) is 11.3. The summed E-state index contributed by atoms with van der Waals surface area (Å²) < 4.78 is 0. The molecule has 1 unspecified atom stereocenters. The first-order chi connectivity index (χ1) is 22.1. The highest BCUT2D eigenvalue weighted by Crippen LogP contribution is 2.53. The quantitative estimate of drug-likeness (QED) is 0.157. The minimum absolute atomic E-state index is 0.0589. The summed E-state index contributed by atoms with van der Waals surface area (Å²) >= 11 is 0. The summed E-state index contributed by atoms with van der Waals surface area (Å²) in [5.74, 6) is 0.738. The molecule has 0 bridgehead atoms. The lowest BCUT2D eigenvalue weighted by molar-refractivity contribution is 0.397. The molecule has 7 rings (SSSR count). The molecule has 1 aliphatic carbocycles. The maximum atomic E-state index is 2.58. The van der Waals surface area contributed by atoms with Crippen LogP contribution in [0.2, 0.25) is 0 Å². The van der Waals surface area contributed by atoms with Crippen molar-refractivity contribution < 1.29 is 0 Å². The Morgan fingerprint density at radius 1 is 0.467 bits per heavy atom. The Kier molecular flexibility index (Phi) is 7.82. The lowest BCUT2D eigenvalue weighted by atomic mass is 9.65. The van der Waals surface area contributed by atoms with Crippen molar-refractivity contribution in [3.63, 3.8) is 0 Å². The molecule has 0 fully saturated rings. The molecule has 0 N–H and O–H groups in total. The smallest absolute Gasteiger partial charge is 0.0701 e. The van der Waals surface area contributed by atoms with E-state index in [1.54, 1.807) is 0 Å². The van der Waals surface area contributed by atoms with Crippen LogP contribution in [0.1, 0.15) is 65.1 Å². The average Bonchev–Trinajstić information content (AvgIpc) is 3.42. The fourth-order valence-electron chi connectivity index (χ4n) is 7.87. The van der Waals surface area contributed by atoms with E-state index < -0.39 is 5.41 Å². The van der Waals surface area contributed by atoms with Gasteiger partial charge in [0.05, 0.1) is 5.41 Å². The van der Waals surface area contributed by atoms with E-state index in [4.69, 9.17) is 0 Å². The SMILES string of the molecule is CC1(C)CC(C(c2ccccc2)c2ccccc2)C=C1c1ccc(C(c2ccccc2)(c2ccccc2)c2ccccc2)cc1. The number of hydrogen-bond donors (Lipinski definition) is 0. The third kappa shape index (κ3) is 5.36. The molecule has 0 spiro atoms. The van der Waals surface area contributed by atoms with Crippen molar-refractivity contribution in [1.29, 1.82) is 0 Å². The number of hydrogen-bond acceptors (Lipinski definition) is 0. The topological polar surface area (TPSA) is 0 Å². The Balaban J connectivity index is 1.34. The first-order valence-electron chi connectivity index (χ1n) is 16.2. The van der Waals surface area contributed by atoms with Crippen LogP contribution in [0, 0.1) is 11.3 Å². The van der Waals surface area contributed by atoms with E-state index in [0.29, 0.717) is 11.8 Å². The van der Waals surface area contributed by atoms with Crippen LogP contribution in [0.5, 0.6) is 0 Å². The van der Waals surface area contributed by atoms with Crippen molar-refractivity contribution in [3.05, 3.63) is 221 Å². The molecule has 0 saturated heterocycles. The van der Waals surface area contributed by atoms with Crippen LogP contribution in [0.4, 0.5) is 0 Å². The molecule has 0 saturated carbocycles. The van der Waals surface area contributed by atoms with Crippen molar-refractivity contribution >= 4 is 5.57 Å². The molecule has 1 aliphatic rings. The normalized spacial score (nSPS) is 16.0. The molecule has 45 heavy (non-hydrogen) atoms. The molecule has 0 aliphatic heterocycles. The summed E-state index contributed by atoms with van der Waals surface area (Å²) in [5.41, 5.74) is 10.2. The van der Waals surface area contributed by atoms with Crippen molar-refractivity contribution in [3.8, 4) is 0 Å². The lowest BCUT2D eigenvalue weighted by Gasteiger charge is -2.37. The van der Waals surface area contributed by atoms with Crippen LogP contribution in [0.15, 0.2) is 182 Å². The first-order valence-corrected chi connectivity index (χ1v) is 16.2. The van der Waals surface area contributed by atoms with Crippen molar-refractivity contribution in [2.75, 3.05) is 0 Å². The van der Waals surface area contributed by atoms with E-state index in [9.17, 15) is 0 Å². The number of allylic oxidation sites excluding steroid dienone is 2. The molecule has 0 heterocycles. The highest BCUT2D eigenvalue weighted by Gasteiger charge is 2.40. The van der Waals surface area contributed by atoms with Gasteiger partial charge in [-0.25, -0.2) is 0 Å². The molecule has 6 aromatic rings. The number of benzene rings is 6. The Hall–Kier alpha value is -4.94. The zero-order chi connectivity index (χ0) is 30.7. The summed E-state index contributed by atoms with van der Waals surface area (Å²) in [7, 11) is 0. The standard InChI is InChI=1S/C45H40/c1-44(2)33-37(43(35-18-8-3-9-19-35)36-20-10-4-11-21-36)32-42(44)34-28-30-41(31-29-34)45(38-22-12-5-13-23-38,39-24-14-6-15-25-39)40-26-16-7-17-27-40/h3-32,37,43H,33H2,1-2H3. The summed E-state index contributed by atoms with van der Waals surface area (Å²) in [6.45, 7) is 4.84. The first kappa shape index (κ1) is 28.8. The molecular formula is C45H40. The van der Waals surface area contributed by atoms with Gasteiger partial charge in [0.2, 0.25) is 0 Å². The molecule has 6 aromatic carbocycles.